The maximum absolute atomic E-state index is 13.6. The molecule has 0 saturated carbocycles. The number of hydrogen-bond acceptors (Lipinski definition) is 4. The SMILES string of the molecule is CC(=O)Nc1cccc(C(=O)OC(C)C(=O)Nc2ccc(F)cc2F)c1. The van der Waals surface area contributed by atoms with Crippen LogP contribution in [-0.4, -0.2) is 23.9 Å². The van der Waals surface area contributed by atoms with E-state index in [9.17, 15) is 23.2 Å². The molecular weight excluding hydrogens is 346 g/mol. The van der Waals surface area contributed by atoms with E-state index in [1.165, 1.54) is 26.0 Å². The van der Waals surface area contributed by atoms with Crippen molar-refractivity contribution in [3.63, 3.8) is 0 Å². The van der Waals surface area contributed by atoms with Crippen LogP contribution in [-0.2, 0) is 14.3 Å². The van der Waals surface area contributed by atoms with E-state index in [1.807, 2.05) is 0 Å². The maximum atomic E-state index is 13.6. The third-order valence-electron chi connectivity index (χ3n) is 3.26. The van der Waals surface area contributed by atoms with Gasteiger partial charge in [-0.15, -0.1) is 0 Å². The van der Waals surface area contributed by atoms with Crippen molar-refractivity contribution in [3.05, 3.63) is 59.7 Å². The molecule has 8 heteroatoms. The average Bonchev–Trinajstić information content (AvgIpc) is 2.56. The van der Waals surface area contributed by atoms with Gasteiger partial charge in [-0.1, -0.05) is 6.07 Å². The average molecular weight is 362 g/mol. The first-order valence-corrected chi connectivity index (χ1v) is 7.61. The molecule has 1 atom stereocenters. The van der Waals surface area contributed by atoms with Gasteiger partial charge in [-0.25, -0.2) is 13.6 Å². The van der Waals surface area contributed by atoms with E-state index in [-0.39, 0.29) is 17.2 Å². The van der Waals surface area contributed by atoms with Crippen LogP contribution in [0, 0.1) is 11.6 Å². The molecule has 0 spiro atoms. The van der Waals surface area contributed by atoms with Gasteiger partial charge in [-0.05, 0) is 37.3 Å². The van der Waals surface area contributed by atoms with Crippen molar-refractivity contribution in [3.8, 4) is 0 Å². The summed E-state index contributed by atoms with van der Waals surface area (Å²) in [5.41, 5.74) is 0.299. The summed E-state index contributed by atoms with van der Waals surface area (Å²) in [5, 5.41) is 4.74. The summed E-state index contributed by atoms with van der Waals surface area (Å²) >= 11 is 0. The van der Waals surface area contributed by atoms with Gasteiger partial charge in [0.15, 0.2) is 6.10 Å². The summed E-state index contributed by atoms with van der Waals surface area (Å²) in [6.45, 7) is 2.64. The zero-order valence-electron chi connectivity index (χ0n) is 14.0. The lowest BCUT2D eigenvalue weighted by Crippen LogP contribution is -2.30. The zero-order chi connectivity index (χ0) is 19.3. The fourth-order valence-electron chi connectivity index (χ4n) is 2.03. The number of amides is 2. The zero-order valence-corrected chi connectivity index (χ0v) is 14.0. The van der Waals surface area contributed by atoms with E-state index in [2.05, 4.69) is 10.6 Å². The molecular formula is C18H16F2N2O4. The first kappa shape index (κ1) is 19.0. The molecule has 2 amide bonds. The number of nitrogens with one attached hydrogen (secondary N) is 2. The number of carbonyl (C=O) groups is 3. The Morgan fingerprint density at radius 2 is 1.77 bits per heavy atom. The number of anilines is 2. The Bertz CT molecular complexity index is 855. The summed E-state index contributed by atoms with van der Waals surface area (Å²) in [7, 11) is 0. The highest BCUT2D eigenvalue weighted by Gasteiger charge is 2.20. The van der Waals surface area contributed by atoms with E-state index in [4.69, 9.17) is 4.74 Å². The van der Waals surface area contributed by atoms with Crippen LogP contribution >= 0.6 is 0 Å². The minimum atomic E-state index is -1.23. The van der Waals surface area contributed by atoms with Crippen LogP contribution in [0.3, 0.4) is 0 Å². The van der Waals surface area contributed by atoms with Gasteiger partial charge >= 0.3 is 5.97 Å². The van der Waals surface area contributed by atoms with Crippen LogP contribution < -0.4 is 10.6 Å². The molecule has 0 aromatic heterocycles. The number of hydrogen-bond donors (Lipinski definition) is 2. The van der Waals surface area contributed by atoms with Crippen molar-refractivity contribution in [1.82, 2.24) is 0 Å². The highest BCUT2D eigenvalue weighted by molar-refractivity contribution is 5.98. The monoisotopic (exact) mass is 362 g/mol. The normalized spacial score (nSPS) is 11.4. The van der Waals surface area contributed by atoms with Crippen molar-refractivity contribution < 1.29 is 27.9 Å². The molecule has 0 bridgehead atoms. The second-order valence-electron chi connectivity index (χ2n) is 5.42. The van der Waals surface area contributed by atoms with Gasteiger partial charge in [-0.2, -0.15) is 0 Å². The van der Waals surface area contributed by atoms with E-state index >= 15 is 0 Å². The molecule has 2 aromatic rings. The Morgan fingerprint density at radius 1 is 1.04 bits per heavy atom. The molecule has 0 radical (unpaired) electrons. The Kier molecular flexibility index (Phi) is 6.00. The Morgan fingerprint density at radius 3 is 2.42 bits per heavy atom. The second-order valence-corrected chi connectivity index (χ2v) is 5.42. The smallest absolute Gasteiger partial charge is 0.338 e. The summed E-state index contributed by atoms with van der Waals surface area (Å²) in [5.74, 6) is -3.59. The maximum Gasteiger partial charge on any atom is 0.338 e. The molecule has 26 heavy (non-hydrogen) atoms. The summed E-state index contributed by atoms with van der Waals surface area (Å²) < 4.78 is 31.5. The molecule has 2 rings (SSSR count). The number of ether oxygens (including phenoxy) is 1. The van der Waals surface area contributed by atoms with Gasteiger partial charge in [0.1, 0.15) is 11.6 Å². The summed E-state index contributed by atoms with van der Waals surface area (Å²) in [6.07, 6.45) is -1.23. The Balaban J connectivity index is 2.01. The molecule has 0 aliphatic carbocycles. The lowest BCUT2D eigenvalue weighted by atomic mass is 10.2. The lowest BCUT2D eigenvalue weighted by molar-refractivity contribution is -0.123. The topological polar surface area (TPSA) is 84.5 Å². The minimum absolute atomic E-state index is 0.129. The largest absolute Gasteiger partial charge is 0.449 e. The van der Waals surface area contributed by atoms with Gasteiger partial charge in [-0.3, -0.25) is 9.59 Å². The molecule has 0 aliphatic heterocycles. The molecule has 1 unspecified atom stereocenters. The van der Waals surface area contributed by atoms with Crippen molar-refractivity contribution >= 4 is 29.2 Å². The van der Waals surface area contributed by atoms with Gasteiger partial charge in [0.25, 0.3) is 5.91 Å². The number of halogens is 2. The standard InChI is InChI=1S/C18H16F2N2O4/c1-10(17(24)22-16-7-6-13(19)9-15(16)20)26-18(25)12-4-3-5-14(8-12)21-11(2)23/h3-10H,1-2H3,(H,21,23)(H,22,24). The van der Waals surface area contributed by atoms with Gasteiger partial charge < -0.3 is 15.4 Å². The van der Waals surface area contributed by atoms with E-state index in [0.717, 1.165) is 12.1 Å². The highest BCUT2D eigenvalue weighted by atomic mass is 19.1. The third kappa shape index (κ3) is 5.10. The molecule has 0 saturated heterocycles. The number of rotatable bonds is 5. The molecule has 2 N–H and O–H groups in total. The molecule has 136 valence electrons. The first-order valence-electron chi connectivity index (χ1n) is 7.61. The van der Waals surface area contributed by atoms with Gasteiger partial charge in [0.2, 0.25) is 5.91 Å². The van der Waals surface area contributed by atoms with Crippen LogP contribution in [0.1, 0.15) is 24.2 Å². The molecule has 6 nitrogen and oxygen atoms in total. The van der Waals surface area contributed by atoms with Crippen molar-refractivity contribution in [1.29, 1.82) is 0 Å². The van der Waals surface area contributed by atoms with Crippen molar-refractivity contribution in [2.75, 3.05) is 10.6 Å². The number of benzene rings is 2. The van der Waals surface area contributed by atoms with E-state index in [1.54, 1.807) is 12.1 Å². The van der Waals surface area contributed by atoms with Crippen LogP contribution in [0.4, 0.5) is 20.2 Å². The van der Waals surface area contributed by atoms with Gasteiger partial charge in [0, 0.05) is 18.7 Å². The predicted octanol–water partition coefficient (Wildman–Crippen LogP) is 3.11. The van der Waals surface area contributed by atoms with E-state index < -0.39 is 29.6 Å². The molecule has 2 aromatic carbocycles. The van der Waals surface area contributed by atoms with Crippen LogP contribution in [0.15, 0.2) is 42.5 Å². The predicted molar refractivity (Wildman–Crippen MR) is 90.6 cm³/mol. The quantitative estimate of drug-likeness (QED) is 0.801. The Hall–Kier alpha value is -3.29. The number of esters is 1. The van der Waals surface area contributed by atoms with Crippen molar-refractivity contribution in [2.45, 2.75) is 20.0 Å². The fourth-order valence-corrected chi connectivity index (χ4v) is 2.03. The first-order chi connectivity index (χ1) is 12.3. The third-order valence-corrected chi connectivity index (χ3v) is 3.26. The van der Waals surface area contributed by atoms with Crippen LogP contribution in [0.25, 0.3) is 0 Å². The molecule has 0 heterocycles. The highest BCUT2D eigenvalue weighted by Crippen LogP contribution is 2.16. The minimum Gasteiger partial charge on any atom is -0.449 e. The second kappa shape index (κ2) is 8.19. The van der Waals surface area contributed by atoms with E-state index in [0.29, 0.717) is 11.8 Å². The van der Waals surface area contributed by atoms with Crippen molar-refractivity contribution in [2.24, 2.45) is 0 Å². The fraction of sp³-hybridized carbons (Fsp3) is 0.167. The number of carbonyl (C=O) groups excluding carboxylic acids is 3. The van der Waals surface area contributed by atoms with Crippen LogP contribution in [0.5, 0.6) is 0 Å². The lowest BCUT2D eigenvalue weighted by Gasteiger charge is -2.14. The molecule has 0 aliphatic rings. The summed E-state index contributed by atoms with van der Waals surface area (Å²) in [6, 6.07) is 8.66. The summed E-state index contributed by atoms with van der Waals surface area (Å²) in [4.78, 5) is 35.2. The Labute approximate surface area is 148 Å². The van der Waals surface area contributed by atoms with Gasteiger partial charge in [0.05, 0.1) is 11.3 Å². The van der Waals surface area contributed by atoms with Crippen LogP contribution in [0.2, 0.25) is 0 Å². The molecule has 0 fully saturated rings.